The molecule has 0 bridgehead atoms. The molecule has 2 aromatic rings. The highest BCUT2D eigenvalue weighted by molar-refractivity contribution is 9.10. The lowest BCUT2D eigenvalue weighted by molar-refractivity contribution is 0.191. The van der Waals surface area contributed by atoms with Crippen molar-refractivity contribution in [1.29, 1.82) is 0 Å². The Bertz CT molecular complexity index is 538. The minimum atomic E-state index is -0.994. The maximum atomic E-state index is 10.5. The Morgan fingerprint density at radius 2 is 2.25 bits per heavy atom. The van der Waals surface area contributed by atoms with Crippen LogP contribution < -0.4 is 5.32 Å². The zero-order chi connectivity index (χ0) is 11.7. The summed E-state index contributed by atoms with van der Waals surface area (Å²) in [5.41, 5.74) is 0. The zero-order valence-corrected chi connectivity index (χ0v) is 10.9. The van der Waals surface area contributed by atoms with E-state index in [1.54, 1.807) is 11.3 Å². The normalized spacial score (nSPS) is 12.6. The van der Waals surface area contributed by atoms with Gasteiger partial charge in [-0.2, -0.15) is 0 Å². The summed E-state index contributed by atoms with van der Waals surface area (Å²) in [6.45, 7) is 1.84. The lowest BCUT2D eigenvalue weighted by atomic mass is 10.2. The Morgan fingerprint density at radius 1 is 1.50 bits per heavy atom. The first-order valence-corrected chi connectivity index (χ1v) is 6.35. The third-order valence-electron chi connectivity index (χ3n) is 2.27. The summed E-state index contributed by atoms with van der Waals surface area (Å²) in [4.78, 5) is 11.6. The Kier molecular flexibility index (Phi) is 3.16. The van der Waals surface area contributed by atoms with Crippen molar-refractivity contribution < 1.29 is 9.90 Å². The highest BCUT2D eigenvalue weighted by atomic mass is 79.9. The summed E-state index contributed by atoms with van der Waals surface area (Å²) >= 11 is 5.02. The third kappa shape index (κ3) is 2.36. The fraction of sp³-hybridized carbons (Fsp3) is 0.182. The fourth-order valence-corrected chi connectivity index (χ4v) is 3.11. The van der Waals surface area contributed by atoms with Crippen LogP contribution in [0.25, 0.3) is 10.1 Å². The molecule has 0 fully saturated rings. The van der Waals surface area contributed by atoms with E-state index in [1.807, 2.05) is 31.2 Å². The molecule has 1 aromatic carbocycles. The van der Waals surface area contributed by atoms with Gasteiger partial charge in [0.25, 0.3) is 0 Å². The predicted molar refractivity (Wildman–Crippen MR) is 69.1 cm³/mol. The molecule has 1 amide bonds. The SMILES string of the molecule is CC(NC(=O)O)c1cc2ccc(Br)cc2s1. The molecule has 16 heavy (non-hydrogen) atoms. The number of fused-ring (bicyclic) bond motifs is 1. The molecule has 1 heterocycles. The second-order valence-corrected chi connectivity index (χ2v) is 5.53. The van der Waals surface area contributed by atoms with Gasteiger partial charge in [-0.1, -0.05) is 22.0 Å². The molecule has 0 aliphatic rings. The van der Waals surface area contributed by atoms with E-state index in [2.05, 4.69) is 21.2 Å². The van der Waals surface area contributed by atoms with Crippen LogP contribution >= 0.6 is 27.3 Å². The van der Waals surface area contributed by atoms with E-state index >= 15 is 0 Å². The molecular formula is C11H10BrNO2S. The van der Waals surface area contributed by atoms with Gasteiger partial charge in [-0.05, 0) is 30.5 Å². The van der Waals surface area contributed by atoms with E-state index < -0.39 is 6.09 Å². The van der Waals surface area contributed by atoms with Crippen molar-refractivity contribution >= 4 is 43.4 Å². The number of carboxylic acid groups (broad SMARTS) is 1. The number of rotatable bonds is 2. The average Bonchev–Trinajstić information content (AvgIpc) is 2.59. The maximum Gasteiger partial charge on any atom is 0.405 e. The Labute approximate surface area is 105 Å². The molecule has 2 rings (SSSR count). The van der Waals surface area contributed by atoms with Crippen LogP contribution in [0, 0.1) is 0 Å². The van der Waals surface area contributed by atoms with Gasteiger partial charge in [0.2, 0.25) is 0 Å². The first-order valence-electron chi connectivity index (χ1n) is 4.75. The topological polar surface area (TPSA) is 49.3 Å². The molecule has 2 N–H and O–H groups in total. The number of benzene rings is 1. The second kappa shape index (κ2) is 4.43. The van der Waals surface area contributed by atoms with E-state index in [9.17, 15) is 4.79 Å². The average molecular weight is 300 g/mol. The van der Waals surface area contributed by atoms with Crippen LogP contribution in [0.4, 0.5) is 4.79 Å². The molecule has 84 valence electrons. The Morgan fingerprint density at radius 3 is 2.94 bits per heavy atom. The summed E-state index contributed by atoms with van der Waals surface area (Å²) < 4.78 is 2.19. The summed E-state index contributed by atoms with van der Waals surface area (Å²) in [6, 6.07) is 7.89. The van der Waals surface area contributed by atoms with Crippen molar-refractivity contribution in [3.63, 3.8) is 0 Å². The minimum Gasteiger partial charge on any atom is -0.465 e. The van der Waals surface area contributed by atoms with Gasteiger partial charge < -0.3 is 10.4 Å². The Balaban J connectivity index is 2.35. The largest absolute Gasteiger partial charge is 0.465 e. The summed E-state index contributed by atoms with van der Waals surface area (Å²) in [5.74, 6) is 0. The van der Waals surface area contributed by atoms with Gasteiger partial charge in [0.05, 0.1) is 6.04 Å². The van der Waals surface area contributed by atoms with Crippen molar-refractivity contribution in [3.8, 4) is 0 Å². The van der Waals surface area contributed by atoms with Gasteiger partial charge in [0.1, 0.15) is 0 Å². The first-order chi connectivity index (χ1) is 7.56. The lowest BCUT2D eigenvalue weighted by Gasteiger charge is -2.07. The van der Waals surface area contributed by atoms with Gasteiger partial charge in [0, 0.05) is 14.0 Å². The molecule has 1 atom stereocenters. The quantitative estimate of drug-likeness (QED) is 0.881. The maximum absolute atomic E-state index is 10.5. The number of carbonyl (C=O) groups is 1. The van der Waals surface area contributed by atoms with Crippen molar-refractivity contribution in [3.05, 3.63) is 33.6 Å². The number of amides is 1. The smallest absolute Gasteiger partial charge is 0.405 e. The van der Waals surface area contributed by atoms with Crippen LogP contribution in [0.2, 0.25) is 0 Å². The van der Waals surface area contributed by atoms with E-state index in [0.717, 1.165) is 19.4 Å². The second-order valence-electron chi connectivity index (χ2n) is 3.50. The van der Waals surface area contributed by atoms with Crippen LogP contribution in [0.1, 0.15) is 17.8 Å². The molecular weight excluding hydrogens is 290 g/mol. The zero-order valence-electron chi connectivity index (χ0n) is 8.53. The van der Waals surface area contributed by atoms with Gasteiger partial charge in [-0.25, -0.2) is 4.79 Å². The standard InChI is InChI=1S/C11H10BrNO2S/c1-6(13-11(14)15)9-4-7-2-3-8(12)5-10(7)16-9/h2-6,13H,1H3,(H,14,15). The van der Waals surface area contributed by atoms with Crippen LogP contribution in [-0.2, 0) is 0 Å². The third-order valence-corrected chi connectivity index (χ3v) is 4.04. The lowest BCUT2D eigenvalue weighted by Crippen LogP contribution is -2.23. The van der Waals surface area contributed by atoms with Crippen LogP contribution in [0.5, 0.6) is 0 Å². The van der Waals surface area contributed by atoms with Crippen molar-refractivity contribution in [2.45, 2.75) is 13.0 Å². The van der Waals surface area contributed by atoms with Gasteiger partial charge >= 0.3 is 6.09 Å². The first kappa shape index (κ1) is 11.4. The number of hydrogen-bond donors (Lipinski definition) is 2. The van der Waals surface area contributed by atoms with Crippen LogP contribution in [-0.4, -0.2) is 11.2 Å². The number of hydrogen-bond acceptors (Lipinski definition) is 2. The molecule has 3 nitrogen and oxygen atoms in total. The molecule has 1 aromatic heterocycles. The molecule has 0 radical (unpaired) electrons. The van der Waals surface area contributed by atoms with Gasteiger partial charge in [0.15, 0.2) is 0 Å². The molecule has 0 aliphatic carbocycles. The van der Waals surface area contributed by atoms with Crippen LogP contribution in [0.15, 0.2) is 28.7 Å². The van der Waals surface area contributed by atoms with E-state index in [-0.39, 0.29) is 6.04 Å². The summed E-state index contributed by atoms with van der Waals surface area (Å²) in [6.07, 6.45) is -0.994. The highest BCUT2D eigenvalue weighted by Gasteiger charge is 2.11. The number of thiophene rings is 1. The predicted octanol–water partition coefficient (Wildman–Crippen LogP) is 3.99. The molecule has 5 heteroatoms. The van der Waals surface area contributed by atoms with E-state index in [1.165, 1.54) is 0 Å². The molecule has 1 unspecified atom stereocenters. The Hall–Kier alpha value is -1.07. The van der Waals surface area contributed by atoms with Crippen molar-refractivity contribution in [2.75, 3.05) is 0 Å². The molecule has 0 saturated carbocycles. The molecule has 0 aliphatic heterocycles. The van der Waals surface area contributed by atoms with Crippen molar-refractivity contribution in [1.82, 2.24) is 5.32 Å². The number of halogens is 1. The fourth-order valence-electron chi connectivity index (χ4n) is 1.50. The summed E-state index contributed by atoms with van der Waals surface area (Å²) in [7, 11) is 0. The number of nitrogens with one attached hydrogen (secondary N) is 1. The summed E-state index contributed by atoms with van der Waals surface area (Å²) in [5, 5.41) is 12.2. The minimum absolute atomic E-state index is 0.173. The van der Waals surface area contributed by atoms with E-state index in [0.29, 0.717) is 0 Å². The van der Waals surface area contributed by atoms with Crippen LogP contribution in [0.3, 0.4) is 0 Å². The molecule has 0 saturated heterocycles. The van der Waals surface area contributed by atoms with E-state index in [4.69, 9.17) is 5.11 Å². The van der Waals surface area contributed by atoms with Gasteiger partial charge in [-0.15, -0.1) is 11.3 Å². The monoisotopic (exact) mass is 299 g/mol. The highest BCUT2D eigenvalue weighted by Crippen LogP contribution is 2.31. The molecule has 0 spiro atoms. The van der Waals surface area contributed by atoms with Gasteiger partial charge in [-0.3, -0.25) is 0 Å². The van der Waals surface area contributed by atoms with Crippen molar-refractivity contribution in [2.24, 2.45) is 0 Å².